The van der Waals surface area contributed by atoms with Gasteiger partial charge in [-0.05, 0) is 24.3 Å². The van der Waals surface area contributed by atoms with Gasteiger partial charge in [0.25, 0.3) is 0 Å². The van der Waals surface area contributed by atoms with Gasteiger partial charge >= 0.3 is 0 Å². The zero-order valence-electron chi connectivity index (χ0n) is 13.2. The van der Waals surface area contributed by atoms with Crippen molar-refractivity contribution in [3.63, 3.8) is 0 Å². The van der Waals surface area contributed by atoms with E-state index in [1.165, 1.54) is 18.2 Å². The van der Waals surface area contributed by atoms with E-state index >= 15 is 0 Å². The lowest BCUT2D eigenvalue weighted by Gasteiger charge is -2.31. The molecule has 2 aromatic rings. The molecule has 1 aliphatic rings. The normalized spacial score (nSPS) is 18.5. The number of likely N-dealkylation sites (N-methyl/N-ethyl adjacent to an activating group) is 1. The monoisotopic (exact) mass is 336 g/mol. The number of halogens is 2. The van der Waals surface area contributed by atoms with E-state index in [0.717, 1.165) is 0 Å². The molecule has 7 heteroatoms. The Labute approximate surface area is 138 Å². The summed E-state index contributed by atoms with van der Waals surface area (Å²) < 4.78 is 38.6. The SMILES string of the molecule is CNC(=O)[C@@H]1CN(Cc2ccc(-c3c(F)cccc3F)o2)CCO1. The number of ether oxygens (including phenoxy) is 1. The van der Waals surface area contributed by atoms with E-state index in [2.05, 4.69) is 5.32 Å². The molecular weight excluding hydrogens is 318 g/mol. The van der Waals surface area contributed by atoms with Crippen LogP contribution in [-0.2, 0) is 16.1 Å². The maximum Gasteiger partial charge on any atom is 0.250 e. The van der Waals surface area contributed by atoms with Crippen molar-refractivity contribution in [2.75, 3.05) is 26.7 Å². The molecule has 0 unspecified atom stereocenters. The first-order valence-corrected chi connectivity index (χ1v) is 7.67. The van der Waals surface area contributed by atoms with Crippen LogP contribution in [-0.4, -0.2) is 43.7 Å². The molecule has 1 aliphatic heterocycles. The van der Waals surface area contributed by atoms with Gasteiger partial charge in [0.1, 0.15) is 29.3 Å². The minimum absolute atomic E-state index is 0.150. The van der Waals surface area contributed by atoms with Crippen LogP contribution in [0.25, 0.3) is 11.3 Å². The number of carbonyl (C=O) groups excluding carboxylic acids is 1. The fraction of sp³-hybridized carbons (Fsp3) is 0.353. The van der Waals surface area contributed by atoms with Gasteiger partial charge in [-0.2, -0.15) is 0 Å². The van der Waals surface area contributed by atoms with E-state index in [1.807, 2.05) is 4.90 Å². The smallest absolute Gasteiger partial charge is 0.250 e. The number of rotatable bonds is 4. The van der Waals surface area contributed by atoms with Gasteiger partial charge in [0.05, 0.1) is 18.7 Å². The number of morpholine rings is 1. The molecule has 24 heavy (non-hydrogen) atoms. The molecule has 0 aliphatic carbocycles. The molecule has 0 radical (unpaired) electrons. The minimum atomic E-state index is -0.665. The summed E-state index contributed by atoms with van der Waals surface area (Å²) in [6.45, 7) is 1.96. The van der Waals surface area contributed by atoms with Crippen molar-refractivity contribution in [1.82, 2.24) is 10.2 Å². The Balaban J connectivity index is 1.71. The Morgan fingerprint density at radius 1 is 1.29 bits per heavy atom. The average molecular weight is 336 g/mol. The molecule has 1 aromatic carbocycles. The van der Waals surface area contributed by atoms with E-state index in [4.69, 9.17) is 9.15 Å². The Kier molecular flexibility index (Phi) is 4.92. The van der Waals surface area contributed by atoms with Crippen molar-refractivity contribution in [3.8, 4) is 11.3 Å². The van der Waals surface area contributed by atoms with Gasteiger partial charge in [-0.1, -0.05) is 6.07 Å². The molecule has 5 nitrogen and oxygen atoms in total. The molecular formula is C17H18F2N2O3. The van der Waals surface area contributed by atoms with Gasteiger partial charge in [-0.25, -0.2) is 8.78 Å². The summed E-state index contributed by atoms with van der Waals surface area (Å²) in [6, 6.07) is 6.93. The quantitative estimate of drug-likeness (QED) is 0.930. The minimum Gasteiger partial charge on any atom is -0.460 e. The molecule has 1 aromatic heterocycles. The molecule has 1 atom stereocenters. The second-order valence-electron chi connectivity index (χ2n) is 5.57. The molecule has 1 N–H and O–H groups in total. The second-order valence-corrected chi connectivity index (χ2v) is 5.57. The van der Waals surface area contributed by atoms with E-state index < -0.39 is 17.7 Å². The number of hydrogen-bond acceptors (Lipinski definition) is 4. The standard InChI is InChI=1S/C17H18F2N2O3/c1-20-17(22)15-10-21(7-8-23-15)9-11-5-6-14(24-11)16-12(18)3-2-4-13(16)19/h2-6,15H,7-10H2,1H3,(H,20,22)/t15-/m0/s1. The first kappa shape index (κ1) is 16.6. The molecule has 0 saturated carbocycles. The molecule has 1 amide bonds. The van der Waals surface area contributed by atoms with Gasteiger partial charge in [-0.3, -0.25) is 9.69 Å². The van der Waals surface area contributed by atoms with Gasteiger partial charge in [-0.15, -0.1) is 0 Å². The van der Waals surface area contributed by atoms with Crippen LogP contribution in [0.2, 0.25) is 0 Å². The number of hydrogen-bond donors (Lipinski definition) is 1. The van der Waals surface area contributed by atoms with Crippen molar-refractivity contribution in [1.29, 1.82) is 0 Å². The Morgan fingerprint density at radius 3 is 2.75 bits per heavy atom. The lowest BCUT2D eigenvalue weighted by molar-refractivity contribution is -0.138. The predicted molar refractivity (Wildman–Crippen MR) is 83.1 cm³/mol. The van der Waals surface area contributed by atoms with Crippen LogP contribution < -0.4 is 5.32 Å². The first-order chi connectivity index (χ1) is 11.6. The number of benzene rings is 1. The van der Waals surface area contributed by atoms with Gasteiger partial charge < -0.3 is 14.5 Å². The van der Waals surface area contributed by atoms with E-state index in [9.17, 15) is 13.6 Å². The van der Waals surface area contributed by atoms with Crippen molar-refractivity contribution in [2.45, 2.75) is 12.6 Å². The third kappa shape index (κ3) is 3.47. The zero-order chi connectivity index (χ0) is 17.1. The number of carbonyl (C=O) groups is 1. The fourth-order valence-electron chi connectivity index (χ4n) is 2.72. The highest BCUT2D eigenvalue weighted by molar-refractivity contribution is 5.80. The van der Waals surface area contributed by atoms with Crippen LogP contribution in [0.1, 0.15) is 5.76 Å². The molecule has 0 spiro atoms. The molecule has 3 rings (SSSR count). The summed E-state index contributed by atoms with van der Waals surface area (Å²) in [5, 5.41) is 2.56. The van der Waals surface area contributed by atoms with Gasteiger partial charge in [0, 0.05) is 20.1 Å². The number of nitrogens with one attached hydrogen (secondary N) is 1. The highest BCUT2D eigenvalue weighted by Gasteiger charge is 2.26. The zero-order valence-corrected chi connectivity index (χ0v) is 13.2. The maximum atomic E-state index is 13.8. The summed E-state index contributed by atoms with van der Waals surface area (Å²) >= 11 is 0. The molecule has 1 fully saturated rings. The molecule has 1 saturated heterocycles. The summed E-state index contributed by atoms with van der Waals surface area (Å²) in [6.07, 6.45) is -0.526. The van der Waals surface area contributed by atoms with Crippen LogP contribution in [0.5, 0.6) is 0 Å². The lowest BCUT2D eigenvalue weighted by atomic mass is 10.1. The highest BCUT2D eigenvalue weighted by Crippen LogP contribution is 2.28. The highest BCUT2D eigenvalue weighted by atomic mass is 19.1. The van der Waals surface area contributed by atoms with Crippen molar-refractivity contribution >= 4 is 5.91 Å². The van der Waals surface area contributed by atoms with E-state index in [1.54, 1.807) is 19.2 Å². The Bertz CT molecular complexity index is 712. The first-order valence-electron chi connectivity index (χ1n) is 7.67. The van der Waals surface area contributed by atoms with E-state index in [-0.39, 0.29) is 17.2 Å². The summed E-state index contributed by atoms with van der Waals surface area (Å²) in [7, 11) is 1.56. The van der Waals surface area contributed by atoms with Crippen LogP contribution in [0.3, 0.4) is 0 Å². The van der Waals surface area contributed by atoms with Crippen molar-refractivity contribution < 1.29 is 22.7 Å². The van der Waals surface area contributed by atoms with Crippen LogP contribution in [0.15, 0.2) is 34.7 Å². The van der Waals surface area contributed by atoms with Crippen LogP contribution in [0.4, 0.5) is 8.78 Å². The Morgan fingerprint density at radius 2 is 2.04 bits per heavy atom. The van der Waals surface area contributed by atoms with Gasteiger partial charge in [0.15, 0.2) is 0 Å². The maximum absolute atomic E-state index is 13.8. The van der Waals surface area contributed by atoms with Gasteiger partial charge in [0.2, 0.25) is 5.91 Å². The van der Waals surface area contributed by atoms with E-state index in [0.29, 0.717) is 32.0 Å². The number of furan rings is 1. The predicted octanol–water partition coefficient (Wildman–Crippen LogP) is 2.17. The fourth-order valence-corrected chi connectivity index (χ4v) is 2.72. The molecule has 0 bridgehead atoms. The third-order valence-electron chi connectivity index (χ3n) is 3.94. The lowest BCUT2D eigenvalue weighted by Crippen LogP contribution is -2.48. The number of nitrogens with zero attached hydrogens (tertiary/aromatic N) is 1. The summed E-state index contributed by atoms with van der Waals surface area (Å²) in [5.74, 6) is -0.779. The van der Waals surface area contributed by atoms with Crippen LogP contribution in [0, 0.1) is 11.6 Å². The van der Waals surface area contributed by atoms with Crippen molar-refractivity contribution in [3.05, 3.63) is 47.7 Å². The second kappa shape index (κ2) is 7.11. The summed E-state index contributed by atoms with van der Waals surface area (Å²) in [5.41, 5.74) is -0.172. The Hall–Kier alpha value is -2.25. The average Bonchev–Trinajstić information content (AvgIpc) is 3.02. The molecule has 2 heterocycles. The third-order valence-corrected chi connectivity index (χ3v) is 3.94. The molecule has 128 valence electrons. The van der Waals surface area contributed by atoms with Crippen LogP contribution >= 0.6 is 0 Å². The summed E-state index contributed by atoms with van der Waals surface area (Å²) in [4.78, 5) is 13.7. The number of amides is 1. The topological polar surface area (TPSA) is 54.7 Å². The largest absolute Gasteiger partial charge is 0.460 e. The van der Waals surface area contributed by atoms with Crippen molar-refractivity contribution in [2.24, 2.45) is 0 Å².